The molecular weight excluding hydrogens is 424 g/mol. The average Bonchev–Trinajstić information content (AvgIpc) is 3.24. The van der Waals surface area contributed by atoms with Gasteiger partial charge < -0.3 is 4.74 Å². The van der Waals surface area contributed by atoms with Crippen molar-refractivity contribution in [3.8, 4) is 11.3 Å². The van der Waals surface area contributed by atoms with E-state index in [-0.39, 0.29) is 5.41 Å². The van der Waals surface area contributed by atoms with Crippen LogP contribution >= 0.6 is 11.3 Å². The molecule has 1 aromatic carbocycles. The van der Waals surface area contributed by atoms with E-state index in [1.165, 1.54) is 55.2 Å². The highest BCUT2D eigenvalue weighted by Crippen LogP contribution is 2.46. The SMILES string of the molecule is CCCC(CCC)N1CCOCC1.Cc1nc(-c2ccc3c(c2)C(C)(C)CCC3(C)C)cs1. The van der Waals surface area contributed by atoms with Gasteiger partial charge in [0.15, 0.2) is 0 Å². The summed E-state index contributed by atoms with van der Waals surface area (Å²) < 4.78 is 5.36. The van der Waals surface area contributed by atoms with E-state index in [0.29, 0.717) is 5.41 Å². The fourth-order valence-electron chi connectivity index (χ4n) is 5.36. The third kappa shape index (κ3) is 6.68. The van der Waals surface area contributed by atoms with E-state index in [1.807, 2.05) is 0 Å². The molecule has 184 valence electrons. The summed E-state index contributed by atoms with van der Waals surface area (Å²) in [5, 5.41) is 3.30. The number of benzene rings is 1. The second-order valence-electron chi connectivity index (χ2n) is 11.2. The minimum Gasteiger partial charge on any atom is -0.379 e. The molecule has 0 radical (unpaired) electrons. The van der Waals surface area contributed by atoms with Crippen molar-refractivity contribution >= 4 is 11.3 Å². The fourth-order valence-corrected chi connectivity index (χ4v) is 5.98. The summed E-state index contributed by atoms with van der Waals surface area (Å²) in [6.45, 7) is 20.3. The molecule has 2 aromatic rings. The molecule has 4 heteroatoms. The number of morpholine rings is 1. The lowest BCUT2D eigenvalue weighted by atomic mass is 9.63. The first kappa shape index (κ1) is 26.4. The zero-order chi connectivity index (χ0) is 24.1. The van der Waals surface area contributed by atoms with Crippen LogP contribution in [0.15, 0.2) is 23.6 Å². The molecule has 2 aliphatic rings. The van der Waals surface area contributed by atoms with E-state index in [1.54, 1.807) is 11.3 Å². The van der Waals surface area contributed by atoms with Gasteiger partial charge in [-0.25, -0.2) is 4.98 Å². The standard InChI is InChI=1S/C18H23NS.C11H23NO/c1-12-19-16(11-20-12)13-6-7-14-15(10-13)18(4,5)9-8-17(14,2)3;1-3-5-11(6-4-2)12-7-9-13-10-8-12/h6-7,10-11H,8-9H2,1-5H3;11H,3-10H2,1-2H3. The number of hydrogen-bond acceptors (Lipinski definition) is 4. The van der Waals surface area contributed by atoms with Crippen LogP contribution in [-0.2, 0) is 15.6 Å². The van der Waals surface area contributed by atoms with Crippen LogP contribution in [0.25, 0.3) is 11.3 Å². The lowest BCUT2D eigenvalue weighted by molar-refractivity contribution is 0.0126. The predicted molar refractivity (Wildman–Crippen MR) is 144 cm³/mol. The highest BCUT2D eigenvalue weighted by atomic mass is 32.1. The van der Waals surface area contributed by atoms with Gasteiger partial charge in [0, 0.05) is 30.1 Å². The summed E-state index contributed by atoms with van der Waals surface area (Å²) in [6.07, 6.45) is 7.85. The monoisotopic (exact) mass is 470 g/mol. The molecule has 0 N–H and O–H groups in total. The minimum absolute atomic E-state index is 0.270. The zero-order valence-corrected chi connectivity index (χ0v) is 23.0. The molecule has 0 saturated carbocycles. The molecule has 0 unspecified atom stereocenters. The third-order valence-corrected chi connectivity index (χ3v) is 8.35. The molecule has 4 rings (SSSR count). The van der Waals surface area contributed by atoms with Crippen molar-refractivity contribution in [1.82, 2.24) is 9.88 Å². The number of fused-ring (bicyclic) bond motifs is 1. The van der Waals surface area contributed by atoms with Crippen LogP contribution in [0, 0.1) is 6.92 Å². The number of nitrogens with zero attached hydrogens (tertiary/aromatic N) is 2. The Labute approximate surface area is 207 Å². The van der Waals surface area contributed by atoms with Crippen LogP contribution in [-0.4, -0.2) is 42.2 Å². The van der Waals surface area contributed by atoms with Crippen LogP contribution < -0.4 is 0 Å². The molecule has 33 heavy (non-hydrogen) atoms. The second kappa shape index (κ2) is 11.5. The molecule has 0 amide bonds. The highest BCUT2D eigenvalue weighted by molar-refractivity contribution is 7.09. The highest BCUT2D eigenvalue weighted by Gasteiger charge is 2.37. The second-order valence-corrected chi connectivity index (χ2v) is 12.2. The number of rotatable bonds is 6. The van der Waals surface area contributed by atoms with Crippen molar-refractivity contribution in [3.05, 3.63) is 39.7 Å². The van der Waals surface area contributed by atoms with Crippen molar-refractivity contribution in [2.75, 3.05) is 26.3 Å². The van der Waals surface area contributed by atoms with Gasteiger partial charge in [0.1, 0.15) is 0 Å². The third-order valence-electron chi connectivity index (χ3n) is 7.57. The molecule has 0 bridgehead atoms. The van der Waals surface area contributed by atoms with Crippen molar-refractivity contribution in [2.24, 2.45) is 0 Å². The molecule has 1 aromatic heterocycles. The number of hydrogen-bond donors (Lipinski definition) is 0. The summed E-state index contributed by atoms with van der Waals surface area (Å²) in [5.41, 5.74) is 5.97. The number of aromatic nitrogens is 1. The van der Waals surface area contributed by atoms with Crippen LogP contribution in [0.5, 0.6) is 0 Å². The van der Waals surface area contributed by atoms with Crippen molar-refractivity contribution in [3.63, 3.8) is 0 Å². The van der Waals surface area contributed by atoms with Crippen molar-refractivity contribution < 1.29 is 4.74 Å². The fraction of sp³-hybridized carbons (Fsp3) is 0.690. The van der Waals surface area contributed by atoms with Crippen molar-refractivity contribution in [2.45, 2.75) is 104 Å². The van der Waals surface area contributed by atoms with E-state index in [2.05, 4.69) is 81.9 Å². The van der Waals surface area contributed by atoms with Gasteiger partial charge in [0.25, 0.3) is 0 Å². The Morgan fingerprint density at radius 2 is 1.58 bits per heavy atom. The summed E-state index contributed by atoms with van der Waals surface area (Å²) >= 11 is 1.73. The van der Waals surface area contributed by atoms with Crippen molar-refractivity contribution in [1.29, 1.82) is 0 Å². The molecule has 0 spiro atoms. The van der Waals surface area contributed by atoms with Gasteiger partial charge in [-0.05, 0) is 60.6 Å². The minimum atomic E-state index is 0.270. The summed E-state index contributed by atoms with van der Waals surface area (Å²) in [4.78, 5) is 7.24. The van der Waals surface area contributed by atoms with Crippen LogP contribution in [0.1, 0.15) is 96.2 Å². The molecule has 1 aliphatic heterocycles. The quantitative estimate of drug-likeness (QED) is 0.431. The zero-order valence-electron chi connectivity index (χ0n) is 22.2. The van der Waals surface area contributed by atoms with Gasteiger partial charge in [0.2, 0.25) is 0 Å². The summed E-state index contributed by atoms with van der Waals surface area (Å²) in [5.74, 6) is 0. The smallest absolute Gasteiger partial charge is 0.0901 e. The molecule has 3 nitrogen and oxygen atoms in total. The van der Waals surface area contributed by atoms with Gasteiger partial charge >= 0.3 is 0 Å². The van der Waals surface area contributed by atoms with E-state index in [0.717, 1.165) is 43.0 Å². The van der Waals surface area contributed by atoms with Crippen LogP contribution in [0.2, 0.25) is 0 Å². The Morgan fingerprint density at radius 3 is 2.12 bits per heavy atom. The molecule has 1 fully saturated rings. The van der Waals surface area contributed by atoms with Gasteiger partial charge in [-0.15, -0.1) is 11.3 Å². The van der Waals surface area contributed by atoms with Gasteiger partial charge in [0.05, 0.1) is 23.9 Å². The topological polar surface area (TPSA) is 25.4 Å². The Hall–Kier alpha value is -1.23. The van der Waals surface area contributed by atoms with E-state index >= 15 is 0 Å². The molecule has 1 aliphatic carbocycles. The lowest BCUT2D eigenvalue weighted by Gasteiger charge is -2.42. The molecular formula is C29H46N2OS. The number of thiazole rings is 1. The van der Waals surface area contributed by atoms with E-state index in [9.17, 15) is 0 Å². The van der Waals surface area contributed by atoms with E-state index < -0.39 is 0 Å². The Bertz CT molecular complexity index is 873. The molecule has 2 heterocycles. The maximum absolute atomic E-state index is 5.36. The lowest BCUT2D eigenvalue weighted by Crippen LogP contribution is -2.43. The Kier molecular flexibility index (Phi) is 9.16. The first-order chi connectivity index (χ1) is 15.7. The first-order valence-corrected chi connectivity index (χ1v) is 13.9. The average molecular weight is 471 g/mol. The molecule has 1 saturated heterocycles. The number of aryl methyl sites for hydroxylation is 1. The van der Waals surface area contributed by atoms with Gasteiger partial charge in [-0.1, -0.05) is 66.5 Å². The Morgan fingerprint density at radius 1 is 0.970 bits per heavy atom. The summed E-state index contributed by atoms with van der Waals surface area (Å²) in [7, 11) is 0. The molecule has 0 atom stereocenters. The number of ether oxygens (including phenoxy) is 1. The largest absolute Gasteiger partial charge is 0.379 e. The van der Waals surface area contributed by atoms with Gasteiger partial charge in [-0.3, -0.25) is 4.90 Å². The summed E-state index contributed by atoms with van der Waals surface area (Å²) in [6, 6.07) is 7.78. The normalized spacial score (nSPS) is 19.6. The maximum Gasteiger partial charge on any atom is 0.0901 e. The van der Waals surface area contributed by atoms with E-state index in [4.69, 9.17) is 4.74 Å². The first-order valence-electron chi connectivity index (χ1n) is 13.1. The predicted octanol–water partition coefficient (Wildman–Crippen LogP) is 7.75. The van der Waals surface area contributed by atoms with Crippen LogP contribution in [0.3, 0.4) is 0 Å². The van der Waals surface area contributed by atoms with Crippen LogP contribution in [0.4, 0.5) is 0 Å². The maximum atomic E-state index is 5.36. The van der Waals surface area contributed by atoms with Gasteiger partial charge in [-0.2, -0.15) is 0 Å². The Balaban J connectivity index is 0.000000205.